The zero-order valence-corrected chi connectivity index (χ0v) is 37.7. The first kappa shape index (κ1) is 40.1. The van der Waals surface area contributed by atoms with Crippen LogP contribution in [0.3, 0.4) is 0 Å². The lowest BCUT2D eigenvalue weighted by Crippen LogP contribution is -2.10. The Labute approximate surface area is 401 Å². The van der Waals surface area contributed by atoms with Crippen LogP contribution in [0.5, 0.6) is 0 Å². The van der Waals surface area contributed by atoms with Crippen molar-refractivity contribution in [1.29, 1.82) is 0 Å². The highest BCUT2D eigenvalue weighted by molar-refractivity contribution is 6.11. The fourth-order valence-electron chi connectivity index (χ4n) is 10.4. The lowest BCUT2D eigenvalue weighted by Gasteiger charge is -2.27. The molecule has 3 heteroatoms. The molecule has 0 aliphatic rings. The third kappa shape index (κ3) is 7.08. The second kappa shape index (κ2) is 16.9. The lowest BCUT2D eigenvalue weighted by atomic mass is 9.93. The molecule has 0 atom stereocenters. The molecule has 0 saturated heterocycles. The molecule has 0 amide bonds. The number of nitrogens with zero attached hydrogens (tertiary/aromatic N) is 2. The van der Waals surface area contributed by atoms with Crippen LogP contribution in [0.4, 0.5) is 17.1 Å². The summed E-state index contributed by atoms with van der Waals surface area (Å²) in [5.74, 6) is 0. The van der Waals surface area contributed by atoms with Gasteiger partial charge in [-0.05, 0) is 105 Å². The Morgan fingerprint density at radius 3 is 1.42 bits per heavy atom. The number of aromatic nitrogens is 1. The molecule has 13 rings (SSSR count). The number of para-hydroxylation sites is 5. The third-order valence-electron chi connectivity index (χ3n) is 13.6. The SMILES string of the molecule is c1ccc(-c2ccc(-c3ccc(N(c4ccc(-c5ccccc5-c5cccc6c5oc5ccccc56)cc4)c4cccc(-c5ccccc5-n5c6ccccc6c6ccccc65)c4)cc3)cc2)cc1. The van der Waals surface area contributed by atoms with Crippen molar-refractivity contribution < 1.29 is 4.42 Å². The summed E-state index contributed by atoms with van der Waals surface area (Å²) in [5, 5.41) is 4.75. The molecule has 69 heavy (non-hydrogen) atoms. The summed E-state index contributed by atoms with van der Waals surface area (Å²) in [6, 6.07) is 96.0. The number of rotatable bonds is 9. The van der Waals surface area contributed by atoms with E-state index in [-0.39, 0.29) is 0 Å². The van der Waals surface area contributed by atoms with Gasteiger partial charge in [-0.3, -0.25) is 0 Å². The number of furan rings is 1. The van der Waals surface area contributed by atoms with Gasteiger partial charge in [0.1, 0.15) is 11.2 Å². The van der Waals surface area contributed by atoms with E-state index >= 15 is 0 Å². The van der Waals surface area contributed by atoms with Gasteiger partial charge in [0.05, 0.1) is 16.7 Å². The third-order valence-corrected chi connectivity index (χ3v) is 13.6. The van der Waals surface area contributed by atoms with E-state index in [1.54, 1.807) is 0 Å². The van der Waals surface area contributed by atoms with E-state index in [1.165, 1.54) is 44.1 Å². The number of benzene rings is 11. The van der Waals surface area contributed by atoms with E-state index in [9.17, 15) is 0 Å². The largest absolute Gasteiger partial charge is 0.455 e. The highest BCUT2D eigenvalue weighted by atomic mass is 16.3. The van der Waals surface area contributed by atoms with Crippen LogP contribution >= 0.6 is 0 Å². The fourth-order valence-corrected chi connectivity index (χ4v) is 10.4. The lowest BCUT2D eigenvalue weighted by molar-refractivity contribution is 0.670. The van der Waals surface area contributed by atoms with Crippen molar-refractivity contribution in [3.63, 3.8) is 0 Å². The van der Waals surface area contributed by atoms with Crippen molar-refractivity contribution in [1.82, 2.24) is 4.57 Å². The summed E-state index contributed by atoms with van der Waals surface area (Å²) in [6.07, 6.45) is 0. The molecule has 13 aromatic rings. The smallest absolute Gasteiger partial charge is 0.143 e. The maximum absolute atomic E-state index is 6.54. The molecule has 11 aromatic carbocycles. The minimum atomic E-state index is 0.898. The van der Waals surface area contributed by atoms with Crippen molar-refractivity contribution in [2.45, 2.75) is 0 Å². The van der Waals surface area contributed by atoms with Crippen LogP contribution in [0.1, 0.15) is 0 Å². The Bertz CT molecular complexity index is 3940. The number of anilines is 3. The molecule has 0 spiro atoms. The molecule has 0 aliphatic carbocycles. The predicted octanol–water partition coefficient (Wildman–Crippen LogP) is 18.5. The van der Waals surface area contributed by atoms with Crippen LogP contribution in [0.2, 0.25) is 0 Å². The Morgan fingerprint density at radius 1 is 0.275 bits per heavy atom. The molecule has 2 heterocycles. The molecular weight excluding hydrogens is 837 g/mol. The number of hydrogen-bond donors (Lipinski definition) is 0. The first-order valence-electron chi connectivity index (χ1n) is 23.6. The van der Waals surface area contributed by atoms with E-state index < -0.39 is 0 Å². The maximum atomic E-state index is 6.54. The summed E-state index contributed by atoms with van der Waals surface area (Å²) in [5.41, 5.74) is 20.1. The van der Waals surface area contributed by atoms with E-state index in [0.717, 1.165) is 78.1 Å². The highest BCUT2D eigenvalue weighted by Crippen LogP contribution is 2.43. The summed E-state index contributed by atoms with van der Waals surface area (Å²) in [6.45, 7) is 0. The quantitative estimate of drug-likeness (QED) is 0.144. The molecule has 0 aliphatic heterocycles. The second-order valence-electron chi connectivity index (χ2n) is 17.6. The van der Waals surface area contributed by atoms with Crippen LogP contribution in [0, 0.1) is 0 Å². The van der Waals surface area contributed by atoms with Gasteiger partial charge in [0.25, 0.3) is 0 Å². The summed E-state index contributed by atoms with van der Waals surface area (Å²) in [7, 11) is 0. The normalized spacial score (nSPS) is 11.5. The molecule has 2 aromatic heterocycles. The van der Waals surface area contributed by atoms with E-state index in [4.69, 9.17) is 4.42 Å². The standard InChI is InChI=1S/C66H44N2O/c1-2-16-45(17-3-1)46-32-34-47(35-33-46)48-36-40-51(41-37-48)67(52-42-38-49(39-43-52)54-20-4-5-22-56(54)60-26-15-27-61-59-25-9-13-31-65(59)69-66(60)61)53-19-14-18-50(44-53)55-21-6-10-28-62(55)68-63-29-11-7-23-57(63)58-24-8-12-30-64(58)68/h1-44H. The Hall–Kier alpha value is -9.18. The van der Waals surface area contributed by atoms with Gasteiger partial charge in [-0.25, -0.2) is 0 Å². The Morgan fingerprint density at radius 2 is 0.739 bits per heavy atom. The minimum absolute atomic E-state index is 0.898. The number of hydrogen-bond acceptors (Lipinski definition) is 2. The van der Waals surface area contributed by atoms with Gasteiger partial charge in [0, 0.05) is 49.7 Å². The van der Waals surface area contributed by atoms with Gasteiger partial charge in [-0.15, -0.1) is 0 Å². The molecule has 0 saturated carbocycles. The molecule has 0 radical (unpaired) electrons. The van der Waals surface area contributed by atoms with Crippen LogP contribution in [-0.4, -0.2) is 4.57 Å². The summed E-state index contributed by atoms with van der Waals surface area (Å²) < 4.78 is 8.95. The van der Waals surface area contributed by atoms with Gasteiger partial charge in [0.15, 0.2) is 0 Å². The van der Waals surface area contributed by atoms with Gasteiger partial charge < -0.3 is 13.9 Å². The molecule has 0 N–H and O–H groups in total. The number of fused-ring (bicyclic) bond motifs is 6. The molecule has 3 nitrogen and oxygen atoms in total. The average Bonchev–Trinajstić information content (AvgIpc) is 3.98. The molecule has 324 valence electrons. The zero-order chi connectivity index (χ0) is 45.7. The average molecular weight is 881 g/mol. The zero-order valence-electron chi connectivity index (χ0n) is 37.7. The van der Waals surface area contributed by atoms with Gasteiger partial charge in [0.2, 0.25) is 0 Å². The first-order chi connectivity index (χ1) is 34.2. The van der Waals surface area contributed by atoms with Crippen molar-refractivity contribution in [3.05, 3.63) is 267 Å². The van der Waals surface area contributed by atoms with Crippen LogP contribution in [0.25, 0.3) is 105 Å². The van der Waals surface area contributed by atoms with E-state index in [1.807, 2.05) is 12.1 Å². The van der Waals surface area contributed by atoms with Gasteiger partial charge in [-0.1, -0.05) is 206 Å². The molecule has 0 unspecified atom stereocenters. The molecule has 0 fully saturated rings. The van der Waals surface area contributed by atoms with Gasteiger partial charge in [-0.2, -0.15) is 0 Å². The summed E-state index contributed by atoms with van der Waals surface area (Å²) in [4.78, 5) is 2.37. The summed E-state index contributed by atoms with van der Waals surface area (Å²) >= 11 is 0. The van der Waals surface area contributed by atoms with Crippen molar-refractivity contribution in [3.8, 4) is 61.3 Å². The highest BCUT2D eigenvalue weighted by Gasteiger charge is 2.20. The van der Waals surface area contributed by atoms with Crippen molar-refractivity contribution in [2.75, 3.05) is 4.90 Å². The first-order valence-corrected chi connectivity index (χ1v) is 23.6. The fraction of sp³-hybridized carbons (Fsp3) is 0. The predicted molar refractivity (Wildman–Crippen MR) is 290 cm³/mol. The maximum Gasteiger partial charge on any atom is 0.143 e. The molecular formula is C66H44N2O. The van der Waals surface area contributed by atoms with E-state index in [0.29, 0.717) is 0 Å². The Kier molecular flexibility index (Phi) is 9.84. The van der Waals surface area contributed by atoms with Crippen LogP contribution in [-0.2, 0) is 0 Å². The van der Waals surface area contributed by atoms with Gasteiger partial charge >= 0.3 is 0 Å². The topological polar surface area (TPSA) is 21.3 Å². The van der Waals surface area contributed by atoms with Crippen LogP contribution in [0.15, 0.2) is 271 Å². The minimum Gasteiger partial charge on any atom is -0.455 e. The monoisotopic (exact) mass is 880 g/mol. The van der Waals surface area contributed by atoms with Crippen molar-refractivity contribution >= 4 is 60.8 Å². The van der Waals surface area contributed by atoms with Crippen molar-refractivity contribution in [2.24, 2.45) is 0 Å². The molecule has 0 bridgehead atoms. The Balaban J connectivity index is 0.915. The van der Waals surface area contributed by atoms with E-state index in [2.05, 4.69) is 264 Å². The second-order valence-corrected chi connectivity index (χ2v) is 17.6. The van der Waals surface area contributed by atoms with Crippen LogP contribution < -0.4 is 4.90 Å².